The van der Waals surface area contributed by atoms with E-state index in [9.17, 15) is 0 Å². The Morgan fingerprint density at radius 2 is 2.50 bits per heavy atom. The van der Waals surface area contributed by atoms with Crippen molar-refractivity contribution in [2.75, 3.05) is 18.4 Å². The molecule has 74 valence electrons. The second-order valence-electron chi connectivity index (χ2n) is 2.65. The average molecular weight is 193 g/mol. The molecule has 14 heavy (non-hydrogen) atoms. The van der Waals surface area contributed by atoms with Crippen LogP contribution in [-0.2, 0) is 0 Å². The Balaban J connectivity index is 2.55. The lowest BCUT2D eigenvalue weighted by Crippen LogP contribution is -2.28. The number of nitrogens with two attached hydrogens (primary N) is 1. The van der Waals surface area contributed by atoms with Crippen molar-refractivity contribution in [3.05, 3.63) is 18.1 Å². The molecule has 0 aliphatic carbocycles. The zero-order chi connectivity index (χ0) is 10.4. The Hall–Kier alpha value is -1.71. The number of hydrogen-bond donors (Lipinski definition) is 3. The van der Waals surface area contributed by atoms with Gasteiger partial charge in [-0.05, 0) is 6.07 Å². The number of nitrogens with one attached hydrogen (secondary N) is 1. The summed E-state index contributed by atoms with van der Waals surface area (Å²) in [6, 6.07) is 3.43. The maximum atomic E-state index is 9.15. The number of nitriles is 1. The first kappa shape index (κ1) is 10.4. The molecule has 0 saturated carbocycles. The molecule has 1 rings (SSSR count). The summed E-state index contributed by atoms with van der Waals surface area (Å²) in [5, 5.41) is 20.5. The molecular weight excluding hydrogens is 182 g/mol. The van der Waals surface area contributed by atoms with Gasteiger partial charge >= 0.3 is 0 Å². The van der Waals surface area contributed by atoms with E-state index >= 15 is 0 Å². The standard InChI is InChI=1S/C8H11N5O/c9-3-6(14)5-12-7-1-2-11-8(4-10)13-7/h1-2,6,14H,3,5,9H2,(H,11,12,13). The molecule has 1 aromatic heterocycles. The van der Waals surface area contributed by atoms with Crippen LogP contribution in [0.2, 0.25) is 0 Å². The second kappa shape index (κ2) is 5.11. The quantitative estimate of drug-likeness (QED) is 0.570. The molecule has 0 aromatic carbocycles. The third kappa shape index (κ3) is 2.97. The average Bonchev–Trinajstić information content (AvgIpc) is 2.26. The summed E-state index contributed by atoms with van der Waals surface area (Å²) in [4.78, 5) is 7.57. The zero-order valence-corrected chi connectivity index (χ0v) is 7.51. The number of rotatable bonds is 4. The van der Waals surface area contributed by atoms with Crippen molar-refractivity contribution < 1.29 is 5.11 Å². The summed E-state index contributed by atoms with van der Waals surface area (Å²) in [6.07, 6.45) is 0.860. The molecule has 6 heteroatoms. The molecule has 1 unspecified atom stereocenters. The third-order valence-electron chi connectivity index (χ3n) is 1.55. The van der Waals surface area contributed by atoms with Crippen LogP contribution in [0.1, 0.15) is 5.82 Å². The Morgan fingerprint density at radius 1 is 1.71 bits per heavy atom. The molecule has 0 amide bonds. The van der Waals surface area contributed by atoms with Crippen molar-refractivity contribution in [3.8, 4) is 6.07 Å². The summed E-state index contributed by atoms with van der Waals surface area (Å²) in [7, 11) is 0. The van der Waals surface area contributed by atoms with Crippen molar-refractivity contribution >= 4 is 5.82 Å². The molecule has 4 N–H and O–H groups in total. The normalized spacial score (nSPS) is 11.8. The van der Waals surface area contributed by atoms with Crippen molar-refractivity contribution in [1.29, 1.82) is 5.26 Å². The van der Waals surface area contributed by atoms with Crippen molar-refractivity contribution in [1.82, 2.24) is 9.97 Å². The molecule has 0 aliphatic heterocycles. The van der Waals surface area contributed by atoms with E-state index in [-0.39, 0.29) is 12.4 Å². The van der Waals surface area contributed by atoms with Crippen LogP contribution in [0.5, 0.6) is 0 Å². The lowest BCUT2D eigenvalue weighted by atomic mass is 10.3. The Bertz CT molecular complexity index is 335. The molecule has 0 spiro atoms. The van der Waals surface area contributed by atoms with Crippen molar-refractivity contribution in [2.24, 2.45) is 5.73 Å². The Labute approximate surface area is 81.4 Å². The predicted octanol–water partition coefficient (Wildman–Crippen LogP) is -0.920. The number of aromatic nitrogens is 2. The molecular formula is C8H11N5O. The van der Waals surface area contributed by atoms with Crippen LogP contribution in [0.4, 0.5) is 5.82 Å². The van der Waals surface area contributed by atoms with E-state index in [0.29, 0.717) is 12.4 Å². The summed E-state index contributed by atoms with van der Waals surface area (Å²) < 4.78 is 0. The van der Waals surface area contributed by atoms with Gasteiger partial charge in [0.05, 0.1) is 6.10 Å². The van der Waals surface area contributed by atoms with Crippen LogP contribution < -0.4 is 11.1 Å². The highest BCUT2D eigenvalue weighted by Crippen LogP contribution is 2.00. The van der Waals surface area contributed by atoms with Gasteiger partial charge in [0.1, 0.15) is 11.9 Å². The van der Waals surface area contributed by atoms with Crippen LogP contribution in [0, 0.1) is 11.3 Å². The lowest BCUT2D eigenvalue weighted by Gasteiger charge is -2.09. The Kier molecular flexibility index (Phi) is 3.79. The fraction of sp³-hybridized carbons (Fsp3) is 0.375. The number of nitrogens with zero attached hydrogens (tertiary/aromatic N) is 3. The molecule has 0 saturated heterocycles. The molecule has 1 atom stereocenters. The van der Waals surface area contributed by atoms with Crippen LogP contribution in [-0.4, -0.2) is 34.3 Å². The van der Waals surface area contributed by atoms with Gasteiger partial charge < -0.3 is 16.2 Å². The SMILES string of the molecule is N#Cc1nccc(NCC(O)CN)n1. The zero-order valence-electron chi connectivity index (χ0n) is 7.51. The molecule has 0 radical (unpaired) electrons. The van der Waals surface area contributed by atoms with Crippen LogP contribution >= 0.6 is 0 Å². The molecule has 0 aliphatic rings. The van der Waals surface area contributed by atoms with E-state index in [1.54, 1.807) is 6.07 Å². The molecule has 0 fully saturated rings. The fourth-order valence-electron chi connectivity index (χ4n) is 0.817. The highest BCUT2D eigenvalue weighted by Gasteiger charge is 2.01. The van der Waals surface area contributed by atoms with Gasteiger partial charge in [-0.15, -0.1) is 0 Å². The lowest BCUT2D eigenvalue weighted by molar-refractivity contribution is 0.196. The van der Waals surface area contributed by atoms with Gasteiger partial charge in [-0.1, -0.05) is 0 Å². The van der Waals surface area contributed by atoms with Gasteiger partial charge in [0.15, 0.2) is 0 Å². The minimum atomic E-state index is -0.615. The van der Waals surface area contributed by atoms with E-state index in [1.165, 1.54) is 6.20 Å². The maximum absolute atomic E-state index is 9.15. The third-order valence-corrected chi connectivity index (χ3v) is 1.55. The van der Waals surface area contributed by atoms with E-state index in [4.69, 9.17) is 16.1 Å². The minimum absolute atomic E-state index is 0.0947. The molecule has 6 nitrogen and oxygen atoms in total. The molecule has 1 heterocycles. The summed E-state index contributed by atoms with van der Waals surface area (Å²) >= 11 is 0. The summed E-state index contributed by atoms with van der Waals surface area (Å²) in [5.74, 6) is 0.598. The number of aliphatic hydroxyl groups excluding tert-OH is 1. The fourth-order valence-corrected chi connectivity index (χ4v) is 0.817. The molecule has 1 aromatic rings. The highest BCUT2D eigenvalue weighted by molar-refractivity contribution is 5.34. The minimum Gasteiger partial charge on any atom is -0.390 e. The first-order valence-electron chi connectivity index (χ1n) is 4.11. The second-order valence-corrected chi connectivity index (χ2v) is 2.65. The first-order chi connectivity index (χ1) is 6.76. The highest BCUT2D eigenvalue weighted by atomic mass is 16.3. The number of anilines is 1. The van der Waals surface area contributed by atoms with Gasteiger partial charge in [-0.3, -0.25) is 0 Å². The van der Waals surface area contributed by atoms with Crippen LogP contribution in [0.25, 0.3) is 0 Å². The monoisotopic (exact) mass is 193 g/mol. The van der Waals surface area contributed by atoms with Gasteiger partial charge in [-0.2, -0.15) is 5.26 Å². The summed E-state index contributed by atoms with van der Waals surface area (Å²) in [6.45, 7) is 0.488. The van der Waals surface area contributed by atoms with Gasteiger partial charge in [-0.25, -0.2) is 9.97 Å². The van der Waals surface area contributed by atoms with Gasteiger partial charge in [0.2, 0.25) is 5.82 Å². The van der Waals surface area contributed by atoms with Gasteiger partial charge in [0, 0.05) is 19.3 Å². The predicted molar refractivity (Wildman–Crippen MR) is 50.3 cm³/mol. The van der Waals surface area contributed by atoms with Gasteiger partial charge in [0.25, 0.3) is 0 Å². The van der Waals surface area contributed by atoms with E-state index in [1.807, 2.05) is 6.07 Å². The number of aliphatic hydroxyl groups is 1. The topological polar surface area (TPSA) is 108 Å². The van der Waals surface area contributed by atoms with E-state index in [2.05, 4.69) is 15.3 Å². The smallest absolute Gasteiger partial charge is 0.234 e. The largest absolute Gasteiger partial charge is 0.390 e. The summed E-state index contributed by atoms with van der Waals surface area (Å²) in [5.41, 5.74) is 5.22. The Morgan fingerprint density at radius 3 is 3.14 bits per heavy atom. The first-order valence-corrected chi connectivity index (χ1v) is 4.11. The number of hydrogen-bond acceptors (Lipinski definition) is 6. The van der Waals surface area contributed by atoms with E-state index < -0.39 is 6.10 Å². The van der Waals surface area contributed by atoms with Crippen molar-refractivity contribution in [3.63, 3.8) is 0 Å². The maximum Gasteiger partial charge on any atom is 0.234 e. The molecule has 0 bridgehead atoms. The van der Waals surface area contributed by atoms with E-state index in [0.717, 1.165) is 0 Å². The van der Waals surface area contributed by atoms with Crippen molar-refractivity contribution in [2.45, 2.75) is 6.10 Å². The van der Waals surface area contributed by atoms with Crippen LogP contribution in [0.3, 0.4) is 0 Å². The van der Waals surface area contributed by atoms with Crippen LogP contribution in [0.15, 0.2) is 12.3 Å².